The first-order chi connectivity index (χ1) is 12.0. The molecule has 0 bridgehead atoms. The van der Waals surface area contributed by atoms with Gasteiger partial charge in [-0.25, -0.2) is 0 Å². The molecule has 8 heteroatoms. The van der Waals surface area contributed by atoms with E-state index in [1.54, 1.807) is 29.2 Å². The molecular weight excluding hydrogens is 324 g/mol. The van der Waals surface area contributed by atoms with Crippen molar-refractivity contribution < 1.29 is 19.1 Å². The number of carbonyl (C=O) groups excluding carboxylic acids is 3. The molecule has 1 atom stereocenters. The first-order valence-corrected chi connectivity index (χ1v) is 8.39. The van der Waals surface area contributed by atoms with Gasteiger partial charge in [0.05, 0.1) is 6.61 Å². The molecule has 0 spiro atoms. The molecule has 8 nitrogen and oxygen atoms in total. The molecule has 1 aromatic rings. The third-order valence-electron chi connectivity index (χ3n) is 4.49. The van der Waals surface area contributed by atoms with Gasteiger partial charge in [-0.05, 0) is 37.1 Å². The van der Waals surface area contributed by atoms with Crippen LogP contribution in [-0.4, -0.2) is 49.6 Å². The molecule has 134 valence electrons. The van der Waals surface area contributed by atoms with E-state index >= 15 is 0 Å². The second kappa shape index (κ2) is 7.62. The molecule has 2 fully saturated rings. The normalized spacial score (nSPS) is 19.2. The van der Waals surface area contributed by atoms with E-state index in [9.17, 15) is 14.4 Å². The topological polar surface area (TPSA) is 114 Å². The number of amides is 3. The quantitative estimate of drug-likeness (QED) is 0.627. The average molecular weight is 346 g/mol. The third kappa shape index (κ3) is 4.15. The fourth-order valence-corrected chi connectivity index (χ4v) is 2.83. The van der Waals surface area contributed by atoms with Crippen LogP contribution in [0, 0.1) is 0 Å². The molecule has 4 N–H and O–H groups in total. The summed E-state index contributed by atoms with van der Waals surface area (Å²) in [5.74, 6) is -1.27. The highest BCUT2D eigenvalue weighted by atomic mass is 16.5. The van der Waals surface area contributed by atoms with Gasteiger partial charge in [-0.2, -0.15) is 0 Å². The summed E-state index contributed by atoms with van der Waals surface area (Å²) in [7, 11) is 0. The second-order valence-electron chi connectivity index (χ2n) is 6.26. The number of rotatable bonds is 6. The summed E-state index contributed by atoms with van der Waals surface area (Å²) < 4.78 is 5.11. The number of nitrogens with one attached hydrogen (secondary N) is 2. The van der Waals surface area contributed by atoms with Crippen LogP contribution in [0.5, 0.6) is 0 Å². The predicted octanol–water partition coefficient (Wildman–Crippen LogP) is -0.0157. The minimum atomic E-state index is -1.05. The largest absolute Gasteiger partial charge is 0.370 e. The highest BCUT2D eigenvalue weighted by Crippen LogP contribution is 2.21. The highest BCUT2D eigenvalue weighted by molar-refractivity contribution is 6.09. The molecule has 0 unspecified atom stereocenters. The van der Waals surface area contributed by atoms with Gasteiger partial charge >= 0.3 is 0 Å². The molecule has 1 heterocycles. The van der Waals surface area contributed by atoms with Crippen molar-refractivity contribution in [3.63, 3.8) is 0 Å². The molecule has 3 rings (SSSR count). The van der Waals surface area contributed by atoms with Gasteiger partial charge in [-0.1, -0.05) is 6.42 Å². The summed E-state index contributed by atoms with van der Waals surface area (Å²) in [6.45, 7) is 1.07. The van der Waals surface area contributed by atoms with Crippen molar-refractivity contribution in [3.05, 3.63) is 24.3 Å². The standard InChI is InChI=1S/C17H22N4O4/c18-16(23)15(19-11-2-1-3-11)17(24)20-12-4-6-13(7-5-12)21-8-9-25-10-14(21)22/h4-7,11,15,19H,1-3,8-10H2,(H2,18,23)(H,20,24)/t15-/m1/s1. The number of carbonyl (C=O) groups is 3. The number of ether oxygens (including phenoxy) is 1. The molecule has 1 saturated heterocycles. The highest BCUT2D eigenvalue weighted by Gasteiger charge is 2.29. The van der Waals surface area contributed by atoms with Crippen molar-refractivity contribution in [1.29, 1.82) is 0 Å². The monoisotopic (exact) mass is 346 g/mol. The molecule has 0 aromatic heterocycles. The van der Waals surface area contributed by atoms with E-state index in [1.165, 1.54) is 0 Å². The predicted molar refractivity (Wildman–Crippen MR) is 92.0 cm³/mol. The smallest absolute Gasteiger partial charge is 0.253 e. The average Bonchev–Trinajstić information content (AvgIpc) is 2.54. The Labute approximate surface area is 145 Å². The van der Waals surface area contributed by atoms with Crippen molar-refractivity contribution in [2.45, 2.75) is 31.3 Å². The van der Waals surface area contributed by atoms with E-state index in [0.717, 1.165) is 24.9 Å². The van der Waals surface area contributed by atoms with Crippen molar-refractivity contribution in [2.24, 2.45) is 5.73 Å². The summed E-state index contributed by atoms with van der Waals surface area (Å²) in [6, 6.07) is 5.99. The Hall–Kier alpha value is -2.45. The number of hydrogen-bond acceptors (Lipinski definition) is 5. The Morgan fingerprint density at radius 2 is 1.96 bits per heavy atom. The van der Waals surface area contributed by atoms with Crippen LogP contribution in [0.3, 0.4) is 0 Å². The lowest BCUT2D eigenvalue weighted by Gasteiger charge is -2.29. The fraction of sp³-hybridized carbons (Fsp3) is 0.471. The zero-order chi connectivity index (χ0) is 17.8. The zero-order valence-electron chi connectivity index (χ0n) is 13.9. The first kappa shape index (κ1) is 17.4. The number of benzene rings is 1. The number of anilines is 2. The first-order valence-electron chi connectivity index (χ1n) is 8.39. The number of hydrogen-bond donors (Lipinski definition) is 3. The Morgan fingerprint density at radius 3 is 2.52 bits per heavy atom. The van der Waals surface area contributed by atoms with Crippen LogP contribution in [0.1, 0.15) is 19.3 Å². The Balaban J connectivity index is 1.62. The Kier molecular flexibility index (Phi) is 5.30. The van der Waals surface area contributed by atoms with E-state index < -0.39 is 17.9 Å². The van der Waals surface area contributed by atoms with Gasteiger partial charge in [0.1, 0.15) is 6.61 Å². The summed E-state index contributed by atoms with van der Waals surface area (Å²) in [5.41, 5.74) is 6.62. The lowest BCUT2D eigenvalue weighted by atomic mass is 9.92. The number of nitrogens with two attached hydrogens (primary N) is 1. The molecule has 1 aromatic carbocycles. The minimum Gasteiger partial charge on any atom is -0.370 e. The molecular formula is C17H22N4O4. The van der Waals surface area contributed by atoms with Crippen LogP contribution >= 0.6 is 0 Å². The van der Waals surface area contributed by atoms with Gasteiger partial charge in [-0.3, -0.25) is 19.7 Å². The molecule has 2 aliphatic rings. The van der Waals surface area contributed by atoms with E-state index in [1.807, 2.05) is 0 Å². The second-order valence-corrected chi connectivity index (χ2v) is 6.26. The van der Waals surface area contributed by atoms with Gasteiger partial charge in [0.25, 0.3) is 11.8 Å². The molecule has 0 radical (unpaired) electrons. The van der Waals surface area contributed by atoms with Crippen LogP contribution in [0.15, 0.2) is 24.3 Å². The SMILES string of the molecule is NC(=O)[C@@H](NC1CCC1)C(=O)Nc1ccc(N2CCOCC2=O)cc1. The van der Waals surface area contributed by atoms with Crippen molar-refractivity contribution in [2.75, 3.05) is 30.0 Å². The lowest BCUT2D eigenvalue weighted by molar-refractivity contribution is -0.128. The maximum atomic E-state index is 12.3. The summed E-state index contributed by atoms with van der Waals surface area (Å²) >= 11 is 0. The fourth-order valence-electron chi connectivity index (χ4n) is 2.83. The van der Waals surface area contributed by atoms with Crippen molar-refractivity contribution in [1.82, 2.24) is 5.32 Å². The minimum absolute atomic E-state index is 0.0750. The van der Waals surface area contributed by atoms with Crippen molar-refractivity contribution >= 4 is 29.1 Å². The van der Waals surface area contributed by atoms with E-state index in [-0.39, 0.29) is 18.6 Å². The van der Waals surface area contributed by atoms with Gasteiger partial charge in [0.2, 0.25) is 5.91 Å². The number of morpholine rings is 1. The Bertz CT molecular complexity index is 657. The van der Waals surface area contributed by atoms with E-state index in [0.29, 0.717) is 18.8 Å². The van der Waals surface area contributed by atoms with Gasteiger partial charge < -0.3 is 20.7 Å². The van der Waals surface area contributed by atoms with Crippen LogP contribution in [0.2, 0.25) is 0 Å². The Morgan fingerprint density at radius 1 is 1.24 bits per heavy atom. The number of primary amides is 1. The van der Waals surface area contributed by atoms with Gasteiger partial charge in [0, 0.05) is 24.0 Å². The summed E-state index contributed by atoms with van der Waals surface area (Å²) in [4.78, 5) is 37.3. The lowest BCUT2D eigenvalue weighted by Crippen LogP contribution is -2.54. The maximum Gasteiger partial charge on any atom is 0.253 e. The molecule has 1 saturated carbocycles. The molecule has 3 amide bonds. The maximum absolute atomic E-state index is 12.3. The zero-order valence-corrected chi connectivity index (χ0v) is 13.9. The van der Waals surface area contributed by atoms with Gasteiger partial charge in [-0.15, -0.1) is 0 Å². The molecule has 1 aliphatic heterocycles. The van der Waals surface area contributed by atoms with Crippen LogP contribution in [-0.2, 0) is 19.1 Å². The van der Waals surface area contributed by atoms with Gasteiger partial charge in [0.15, 0.2) is 6.04 Å². The number of nitrogens with zero attached hydrogens (tertiary/aromatic N) is 1. The van der Waals surface area contributed by atoms with Crippen LogP contribution in [0.25, 0.3) is 0 Å². The van der Waals surface area contributed by atoms with Crippen molar-refractivity contribution in [3.8, 4) is 0 Å². The van der Waals surface area contributed by atoms with E-state index in [2.05, 4.69) is 10.6 Å². The third-order valence-corrected chi connectivity index (χ3v) is 4.49. The van der Waals surface area contributed by atoms with E-state index in [4.69, 9.17) is 10.5 Å². The van der Waals surface area contributed by atoms with Crippen LogP contribution < -0.4 is 21.3 Å². The molecule has 1 aliphatic carbocycles. The summed E-state index contributed by atoms with van der Waals surface area (Å²) in [6.07, 6.45) is 2.98. The van der Waals surface area contributed by atoms with Crippen LogP contribution in [0.4, 0.5) is 11.4 Å². The molecule has 25 heavy (non-hydrogen) atoms. The summed E-state index contributed by atoms with van der Waals surface area (Å²) in [5, 5.41) is 5.68.